The Hall–Kier alpha value is -1.50. The first-order valence-electron chi connectivity index (χ1n) is 9.42. The van der Waals surface area contributed by atoms with Gasteiger partial charge >= 0.3 is 0 Å². The second kappa shape index (κ2) is 8.74. The molecule has 1 saturated carbocycles. The number of aliphatic hydroxyl groups excluding tert-OH is 1. The molecule has 2 aliphatic rings. The molecule has 1 atom stereocenters. The van der Waals surface area contributed by atoms with Crippen LogP contribution in [0.4, 0.5) is 5.69 Å². The summed E-state index contributed by atoms with van der Waals surface area (Å²) < 4.78 is 6.25. The summed E-state index contributed by atoms with van der Waals surface area (Å²) in [6.07, 6.45) is 8.41. The predicted molar refractivity (Wildman–Crippen MR) is 95.5 cm³/mol. The average Bonchev–Trinajstić information content (AvgIpc) is 2.64. The molecule has 1 aliphatic carbocycles. The van der Waals surface area contributed by atoms with Crippen molar-refractivity contribution >= 4 is 5.69 Å². The molecule has 0 aromatic heterocycles. The van der Waals surface area contributed by atoms with E-state index < -0.39 is 11.0 Å². The number of benzene rings is 1. The zero-order valence-electron chi connectivity index (χ0n) is 14.7. The summed E-state index contributed by atoms with van der Waals surface area (Å²) in [6, 6.07) is 6.28. The molecule has 1 N–H and O–H groups in total. The number of piperidine rings is 1. The van der Waals surface area contributed by atoms with Gasteiger partial charge in [0.05, 0.1) is 23.2 Å². The number of nitro benzene ring substituents is 1. The number of β-amino-alcohol motifs (C(OH)–C–C–N with tert-alkyl or cyclic N) is 1. The molecule has 0 amide bonds. The number of nitrogens with zero attached hydrogens (tertiary/aromatic N) is 2. The van der Waals surface area contributed by atoms with Gasteiger partial charge in [0, 0.05) is 31.8 Å². The van der Waals surface area contributed by atoms with Crippen LogP contribution < -0.4 is 0 Å². The maximum Gasteiger partial charge on any atom is 0.269 e. The van der Waals surface area contributed by atoms with Gasteiger partial charge in [-0.3, -0.25) is 10.1 Å². The first-order chi connectivity index (χ1) is 12.1. The summed E-state index contributed by atoms with van der Waals surface area (Å²) in [5.74, 6) is 0. The van der Waals surface area contributed by atoms with Crippen LogP contribution in [0, 0.1) is 10.1 Å². The van der Waals surface area contributed by atoms with Crippen LogP contribution in [-0.2, 0) is 4.74 Å². The van der Waals surface area contributed by atoms with Crippen molar-refractivity contribution in [1.82, 2.24) is 4.90 Å². The maximum absolute atomic E-state index is 10.9. The minimum absolute atomic E-state index is 0.0242. The molecule has 1 heterocycles. The van der Waals surface area contributed by atoms with Crippen LogP contribution in [0.1, 0.15) is 56.6 Å². The topological polar surface area (TPSA) is 75.8 Å². The normalized spacial score (nSPS) is 22.0. The first-order valence-corrected chi connectivity index (χ1v) is 9.42. The van der Waals surface area contributed by atoms with E-state index in [0.717, 1.165) is 25.9 Å². The molecule has 1 aromatic rings. The summed E-state index contributed by atoms with van der Waals surface area (Å²) >= 11 is 0. The highest BCUT2D eigenvalue weighted by atomic mass is 16.6. The lowest BCUT2D eigenvalue weighted by atomic mass is 9.97. The van der Waals surface area contributed by atoms with E-state index in [9.17, 15) is 15.2 Å². The number of hydrogen-bond acceptors (Lipinski definition) is 5. The fraction of sp³-hybridized carbons (Fsp3) is 0.684. The lowest BCUT2D eigenvalue weighted by Gasteiger charge is -2.35. The van der Waals surface area contributed by atoms with Gasteiger partial charge in [-0.1, -0.05) is 31.4 Å². The Kier molecular flexibility index (Phi) is 6.39. The third-order valence-corrected chi connectivity index (χ3v) is 5.37. The molecule has 0 radical (unpaired) electrons. The lowest BCUT2D eigenvalue weighted by Crippen LogP contribution is -2.40. The second-order valence-electron chi connectivity index (χ2n) is 7.26. The van der Waals surface area contributed by atoms with E-state index in [4.69, 9.17) is 4.74 Å². The molecular weight excluding hydrogens is 320 g/mol. The standard InChI is InChI=1S/C19H28N2O4/c22-19(15-5-4-6-16(13-15)21(23)24)14-20-11-9-18(10-12-20)25-17-7-2-1-3-8-17/h4-6,13,17-19,22H,1-3,7-12,14H2/t19-/m0/s1. The molecule has 0 unspecified atom stereocenters. The molecule has 6 heteroatoms. The van der Waals surface area contributed by atoms with Gasteiger partial charge in [-0.15, -0.1) is 0 Å². The molecule has 1 aromatic carbocycles. The van der Waals surface area contributed by atoms with E-state index in [1.54, 1.807) is 12.1 Å². The summed E-state index contributed by atoms with van der Waals surface area (Å²) in [6.45, 7) is 2.32. The first kappa shape index (κ1) is 18.3. The summed E-state index contributed by atoms with van der Waals surface area (Å²) in [5.41, 5.74) is 0.630. The van der Waals surface area contributed by atoms with Crippen molar-refractivity contribution in [1.29, 1.82) is 0 Å². The Morgan fingerprint density at radius 3 is 2.52 bits per heavy atom. The number of rotatable bonds is 6. The van der Waals surface area contributed by atoms with Crippen LogP contribution in [-0.4, -0.2) is 46.8 Å². The minimum Gasteiger partial charge on any atom is -0.387 e. The number of hydrogen-bond donors (Lipinski definition) is 1. The van der Waals surface area contributed by atoms with Gasteiger partial charge in [-0.05, 0) is 31.2 Å². The number of nitro groups is 1. The molecule has 0 spiro atoms. The van der Waals surface area contributed by atoms with Gasteiger partial charge in [0.15, 0.2) is 0 Å². The van der Waals surface area contributed by atoms with Gasteiger partial charge < -0.3 is 14.7 Å². The summed E-state index contributed by atoms with van der Waals surface area (Å²) in [7, 11) is 0. The van der Waals surface area contributed by atoms with Crippen molar-refractivity contribution in [3.8, 4) is 0 Å². The van der Waals surface area contributed by atoms with Crippen molar-refractivity contribution < 1.29 is 14.8 Å². The SMILES string of the molecule is O=[N+]([O-])c1cccc([C@@H](O)CN2CCC(OC3CCCCC3)CC2)c1. The van der Waals surface area contributed by atoms with E-state index in [2.05, 4.69) is 4.90 Å². The van der Waals surface area contributed by atoms with Crippen molar-refractivity contribution in [2.45, 2.75) is 63.3 Å². The number of aliphatic hydroxyl groups is 1. The van der Waals surface area contributed by atoms with Crippen LogP contribution in [0.2, 0.25) is 0 Å². The highest BCUT2D eigenvalue weighted by Crippen LogP contribution is 2.26. The monoisotopic (exact) mass is 348 g/mol. The fourth-order valence-corrected chi connectivity index (χ4v) is 3.90. The van der Waals surface area contributed by atoms with Crippen molar-refractivity contribution in [3.05, 3.63) is 39.9 Å². The largest absolute Gasteiger partial charge is 0.387 e. The Morgan fingerprint density at radius 1 is 1.16 bits per heavy atom. The molecule has 1 aliphatic heterocycles. The van der Waals surface area contributed by atoms with E-state index in [-0.39, 0.29) is 5.69 Å². The van der Waals surface area contributed by atoms with Crippen LogP contribution in [0.3, 0.4) is 0 Å². The Bertz CT molecular complexity index is 566. The fourth-order valence-electron chi connectivity index (χ4n) is 3.90. The van der Waals surface area contributed by atoms with E-state index in [1.807, 2.05) is 0 Å². The Labute approximate surface area is 148 Å². The zero-order valence-corrected chi connectivity index (χ0v) is 14.7. The van der Waals surface area contributed by atoms with Crippen LogP contribution in [0.25, 0.3) is 0 Å². The molecular formula is C19H28N2O4. The van der Waals surface area contributed by atoms with Gasteiger partial charge in [0.25, 0.3) is 5.69 Å². The molecule has 0 bridgehead atoms. The number of likely N-dealkylation sites (tertiary alicyclic amines) is 1. The molecule has 138 valence electrons. The number of non-ortho nitro benzene ring substituents is 1. The Balaban J connectivity index is 1.45. The zero-order chi connectivity index (χ0) is 17.6. The smallest absolute Gasteiger partial charge is 0.269 e. The van der Waals surface area contributed by atoms with Crippen molar-refractivity contribution in [3.63, 3.8) is 0 Å². The molecule has 2 fully saturated rings. The third kappa shape index (κ3) is 5.23. The van der Waals surface area contributed by atoms with Gasteiger partial charge in [-0.25, -0.2) is 0 Å². The van der Waals surface area contributed by atoms with Gasteiger partial charge in [-0.2, -0.15) is 0 Å². The quantitative estimate of drug-likeness (QED) is 0.629. The van der Waals surface area contributed by atoms with E-state index >= 15 is 0 Å². The van der Waals surface area contributed by atoms with Gasteiger partial charge in [0.2, 0.25) is 0 Å². The predicted octanol–water partition coefficient (Wildman–Crippen LogP) is 3.44. The summed E-state index contributed by atoms with van der Waals surface area (Å²) in [4.78, 5) is 12.7. The van der Waals surface area contributed by atoms with Gasteiger partial charge in [0.1, 0.15) is 0 Å². The van der Waals surface area contributed by atoms with Crippen molar-refractivity contribution in [2.24, 2.45) is 0 Å². The number of ether oxygens (including phenoxy) is 1. The average molecular weight is 348 g/mol. The summed E-state index contributed by atoms with van der Waals surface area (Å²) in [5, 5.41) is 21.3. The van der Waals surface area contributed by atoms with E-state index in [0.29, 0.717) is 24.3 Å². The highest BCUT2D eigenvalue weighted by Gasteiger charge is 2.25. The lowest BCUT2D eigenvalue weighted by molar-refractivity contribution is -0.385. The van der Waals surface area contributed by atoms with Crippen LogP contribution >= 0.6 is 0 Å². The van der Waals surface area contributed by atoms with Crippen LogP contribution in [0.5, 0.6) is 0 Å². The maximum atomic E-state index is 10.9. The molecule has 1 saturated heterocycles. The van der Waals surface area contributed by atoms with Crippen molar-refractivity contribution in [2.75, 3.05) is 19.6 Å². The Morgan fingerprint density at radius 2 is 1.84 bits per heavy atom. The third-order valence-electron chi connectivity index (χ3n) is 5.37. The van der Waals surface area contributed by atoms with Crippen LogP contribution in [0.15, 0.2) is 24.3 Å². The second-order valence-corrected chi connectivity index (χ2v) is 7.26. The molecule has 25 heavy (non-hydrogen) atoms. The minimum atomic E-state index is -0.698. The van der Waals surface area contributed by atoms with E-state index in [1.165, 1.54) is 44.2 Å². The molecule has 6 nitrogen and oxygen atoms in total. The molecule has 3 rings (SSSR count). The highest BCUT2D eigenvalue weighted by molar-refractivity contribution is 5.35.